The first-order valence-corrected chi connectivity index (χ1v) is 5.86. The molecule has 1 saturated heterocycles. The molecule has 0 bridgehead atoms. The summed E-state index contributed by atoms with van der Waals surface area (Å²) in [6.07, 6.45) is 2.97. The van der Waals surface area contributed by atoms with E-state index in [-0.39, 0.29) is 11.8 Å². The SMILES string of the molecule is CCCC(CN)C(=O)NC1CCN(C)C1. The number of amides is 1. The summed E-state index contributed by atoms with van der Waals surface area (Å²) in [4.78, 5) is 14.1. The Morgan fingerprint density at radius 2 is 2.40 bits per heavy atom. The van der Waals surface area contributed by atoms with Crippen LogP contribution in [0.2, 0.25) is 0 Å². The predicted octanol–water partition coefficient (Wildman–Crippen LogP) is 0.182. The maximum absolute atomic E-state index is 11.8. The minimum Gasteiger partial charge on any atom is -0.352 e. The largest absolute Gasteiger partial charge is 0.352 e. The highest BCUT2D eigenvalue weighted by molar-refractivity contribution is 5.79. The molecule has 4 heteroatoms. The molecule has 1 aliphatic rings. The third kappa shape index (κ3) is 3.80. The van der Waals surface area contributed by atoms with E-state index in [9.17, 15) is 4.79 Å². The maximum atomic E-state index is 11.8. The summed E-state index contributed by atoms with van der Waals surface area (Å²) in [6.45, 7) is 4.59. The van der Waals surface area contributed by atoms with Gasteiger partial charge in [-0.3, -0.25) is 4.79 Å². The lowest BCUT2D eigenvalue weighted by atomic mass is 10.0. The average molecular weight is 213 g/mol. The summed E-state index contributed by atoms with van der Waals surface area (Å²) in [5, 5.41) is 3.08. The monoisotopic (exact) mass is 213 g/mol. The Morgan fingerprint density at radius 1 is 1.67 bits per heavy atom. The molecule has 0 saturated carbocycles. The molecule has 88 valence electrons. The predicted molar refractivity (Wildman–Crippen MR) is 61.5 cm³/mol. The van der Waals surface area contributed by atoms with E-state index in [1.54, 1.807) is 0 Å². The van der Waals surface area contributed by atoms with Gasteiger partial charge >= 0.3 is 0 Å². The second-order valence-corrected chi connectivity index (χ2v) is 4.48. The summed E-state index contributed by atoms with van der Waals surface area (Å²) in [7, 11) is 2.08. The minimum absolute atomic E-state index is 0.000839. The van der Waals surface area contributed by atoms with Crippen molar-refractivity contribution in [2.75, 3.05) is 26.7 Å². The molecule has 1 amide bonds. The normalized spacial score (nSPS) is 24.1. The van der Waals surface area contributed by atoms with E-state index in [0.717, 1.165) is 32.4 Å². The number of carbonyl (C=O) groups is 1. The number of nitrogens with two attached hydrogens (primary N) is 1. The molecule has 1 heterocycles. The van der Waals surface area contributed by atoms with Crippen LogP contribution in [0.5, 0.6) is 0 Å². The molecule has 0 radical (unpaired) electrons. The topological polar surface area (TPSA) is 58.4 Å². The Kier molecular flexibility index (Phi) is 5.05. The van der Waals surface area contributed by atoms with Gasteiger partial charge in [-0.25, -0.2) is 0 Å². The van der Waals surface area contributed by atoms with Gasteiger partial charge in [0.1, 0.15) is 0 Å². The lowest BCUT2D eigenvalue weighted by molar-refractivity contribution is -0.125. The first kappa shape index (κ1) is 12.5. The Labute approximate surface area is 92.2 Å². The first-order chi connectivity index (χ1) is 7.17. The average Bonchev–Trinajstić information content (AvgIpc) is 2.60. The first-order valence-electron chi connectivity index (χ1n) is 5.86. The molecular formula is C11H23N3O. The van der Waals surface area contributed by atoms with Gasteiger partial charge in [-0.1, -0.05) is 13.3 Å². The van der Waals surface area contributed by atoms with Gasteiger partial charge in [0.05, 0.1) is 5.92 Å². The van der Waals surface area contributed by atoms with Gasteiger partial charge in [-0.2, -0.15) is 0 Å². The number of nitrogens with one attached hydrogen (secondary N) is 1. The molecule has 0 aromatic carbocycles. The second kappa shape index (κ2) is 6.08. The summed E-state index contributed by atoms with van der Waals surface area (Å²) >= 11 is 0. The Bertz CT molecular complexity index is 208. The molecule has 0 spiro atoms. The van der Waals surface area contributed by atoms with Crippen molar-refractivity contribution in [1.29, 1.82) is 0 Å². The van der Waals surface area contributed by atoms with Gasteiger partial charge in [-0.05, 0) is 26.4 Å². The molecule has 4 nitrogen and oxygen atoms in total. The summed E-state index contributed by atoms with van der Waals surface area (Å²) in [5.41, 5.74) is 5.59. The number of carbonyl (C=O) groups excluding carboxylic acids is 1. The highest BCUT2D eigenvalue weighted by Gasteiger charge is 2.24. The van der Waals surface area contributed by atoms with Gasteiger partial charge in [0, 0.05) is 19.1 Å². The van der Waals surface area contributed by atoms with Crippen LogP contribution in [0.15, 0.2) is 0 Å². The molecule has 0 aromatic heterocycles. The fraction of sp³-hybridized carbons (Fsp3) is 0.909. The fourth-order valence-electron chi connectivity index (χ4n) is 2.08. The van der Waals surface area contributed by atoms with Gasteiger partial charge in [-0.15, -0.1) is 0 Å². The van der Waals surface area contributed by atoms with Crippen LogP contribution in [0.1, 0.15) is 26.2 Å². The number of hydrogen-bond acceptors (Lipinski definition) is 3. The van der Waals surface area contributed by atoms with Gasteiger partial charge < -0.3 is 16.0 Å². The molecule has 0 aliphatic carbocycles. The molecule has 1 aliphatic heterocycles. The molecular weight excluding hydrogens is 190 g/mol. The lowest BCUT2D eigenvalue weighted by Crippen LogP contribution is -2.42. The standard InChI is InChI=1S/C11H23N3O/c1-3-4-9(7-12)11(15)13-10-5-6-14(2)8-10/h9-10H,3-8,12H2,1-2H3,(H,13,15). The quantitative estimate of drug-likeness (QED) is 0.685. The Hall–Kier alpha value is -0.610. The number of hydrogen-bond donors (Lipinski definition) is 2. The van der Waals surface area contributed by atoms with E-state index in [0.29, 0.717) is 12.6 Å². The van der Waals surface area contributed by atoms with Crippen LogP contribution >= 0.6 is 0 Å². The van der Waals surface area contributed by atoms with Gasteiger partial charge in [0.2, 0.25) is 5.91 Å². The summed E-state index contributed by atoms with van der Waals surface area (Å²) in [6, 6.07) is 0.327. The zero-order valence-corrected chi connectivity index (χ0v) is 9.83. The second-order valence-electron chi connectivity index (χ2n) is 4.48. The van der Waals surface area contributed by atoms with E-state index in [1.165, 1.54) is 0 Å². The highest BCUT2D eigenvalue weighted by atomic mass is 16.2. The van der Waals surface area contributed by atoms with Crippen LogP contribution in [0, 0.1) is 5.92 Å². The molecule has 1 rings (SSSR count). The smallest absolute Gasteiger partial charge is 0.224 e. The molecule has 15 heavy (non-hydrogen) atoms. The van der Waals surface area contributed by atoms with Crippen LogP contribution in [0.25, 0.3) is 0 Å². The Morgan fingerprint density at radius 3 is 2.87 bits per heavy atom. The van der Waals surface area contributed by atoms with Crippen molar-refractivity contribution in [3.8, 4) is 0 Å². The molecule has 0 aromatic rings. The molecule has 3 N–H and O–H groups in total. The molecule has 1 fully saturated rings. The van der Waals surface area contributed by atoms with Crippen LogP contribution in [0.4, 0.5) is 0 Å². The minimum atomic E-state index is 0.000839. The van der Waals surface area contributed by atoms with E-state index in [2.05, 4.69) is 24.2 Å². The van der Waals surface area contributed by atoms with Gasteiger partial charge in [0.15, 0.2) is 0 Å². The van der Waals surface area contributed by atoms with Crippen molar-refractivity contribution in [1.82, 2.24) is 10.2 Å². The van der Waals surface area contributed by atoms with Crippen molar-refractivity contribution in [3.63, 3.8) is 0 Å². The zero-order valence-electron chi connectivity index (χ0n) is 9.83. The third-order valence-corrected chi connectivity index (χ3v) is 3.03. The van der Waals surface area contributed by atoms with Crippen molar-refractivity contribution in [2.24, 2.45) is 11.7 Å². The lowest BCUT2D eigenvalue weighted by Gasteiger charge is -2.18. The maximum Gasteiger partial charge on any atom is 0.224 e. The van der Waals surface area contributed by atoms with Crippen LogP contribution in [-0.2, 0) is 4.79 Å². The van der Waals surface area contributed by atoms with Crippen molar-refractivity contribution in [2.45, 2.75) is 32.2 Å². The van der Waals surface area contributed by atoms with Crippen LogP contribution in [-0.4, -0.2) is 43.5 Å². The molecule has 2 unspecified atom stereocenters. The summed E-state index contributed by atoms with van der Waals surface area (Å²) < 4.78 is 0. The van der Waals surface area contributed by atoms with Crippen molar-refractivity contribution < 1.29 is 4.79 Å². The molecule has 2 atom stereocenters. The van der Waals surface area contributed by atoms with E-state index >= 15 is 0 Å². The third-order valence-electron chi connectivity index (χ3n) is 3.03. The number of rotatable bonds is 5. The van der Waals surface area contributed by atoms with E-state index in [4.69, 9.17) is 5.73 Å². The zero-order chi connectivity index (χ0) is 11.3. The van der Waals surface area contributed by atoms with Crippen LogP contribution in [0.3, 0.4) is 0 Å². The van der Waals surface area contributed by atoms with Crippen molar-refractivity contribution in [3.05, 3.63) is 0 Å². The van der Waals surface area contributed by atoms with E-state index < -0.39 is 0 Å². The fourth-order valence-corrected chi connectivity index (χ4v) is 2.08. The van der Waals surface area contributed by atoms with Crippen molar-refractivity contribution >= 4 is 5.91 Å². The summed E-state index contributed by atoms with van der Waals surface area (Å²) in [5.74, 6) is 0.139. The Balaban J connectivity index is 2.33. The highest BCUT2D eigenvalue weighted by Crippen LogP contribution is 2.09. The number of nitrogens with zero attached hydrogens (tertiary/aromatic N) is 1. The van der Waals surface area contributed by atoms with Gasteiger partial charge in [0.25, 0.3) is 0 Å². The number of likely N-dealkylation sites (N-methyl/N-ethyl adjacent to an activating group) is 1. The number of likely N-dealkylation sites (tertiary alicyclic amines) is 1. The van der Waals surface area contributed by atoms with Crippen LogP contribution < -0.4 is 11.1 Å². The van der Waals surface area contributed by atoms with E-state index in [1.807, 2.05) is 0 Å².